The van der Waals surface area contributed by atoms with Gasteiger partial charge < -0.3 is 53.3 Å². The Morgan fingerprint density at radius 2 is 1.18 bits per heavy atom. The predicted octanol–water partition coefficient (Wildman–Crippen LogP) is 3.56. The van der Waals surface area contributed by atoms with Crippen molar-refractivity contribution in [3.05, 3.63) is 102 Å². The van der Waals surface area contributed by atoms with Crippen LogP contribution < -0.4 is 10.6 Å². The number of sulfone groups is 1. The topological polar surface area (TPSA) is 306 Å². The van der Waals surface area contributed by atoms with Crippen molar-refractivity contribution in [2.24, 2.45) is 0 Å². The van der Waals surface area contributed by atoms with Crippen molar-refractivity contribution in [1.29, 1.82) is 0 Å². The molecule has 0 saturated carbocycles. The summed E-state index contributed by atoms with van der Waals surface area (Å²) < 4.78 is 111. The minimum absolute atomic E-state index is 0.0247. The Balaban J connectivity index is 1.50. The first-order chi connectivity index (χ1) is 36.0. The molecule has 416 valence electrons. The molecule has 2 heterocycles. The van der Waals surface area contributed by atoms with Crippen molar-refractivity contribution in [3.8, 4) is 0 Å². The van der Waals surface area contributed by atoms with Crippen molar-refractivity contribution in [1.82, 2.24) is 10.6 Å². The summed E-state index contributed by atoms with van der Waals surface area (Å²) in [7, 11) is -8.49. The molecular weight excluding hydrogens is 1040 g/mol. The Bertz CT molecular complexity index is 2550. The van der Waals surface area contributed by atoms with Gasteiger partial charge in [0.15, 0.2) is 34.6 Å². The molecular formula is C50H63N2O22PS. The molecule has 2 fully saturated rings. The molecule has 2 aliphatic rings. The molecule has 2 saturated heterocycles. The van der Waals surface area contributed by atoms with Crippen LogP contribution in [0.15, 0.2) is 95.9 Å². The Hall–Kier alpha value is -6.15. The summed E-state index contributed by atoms with van der Waals surface area (Å²) in [5, 5.41) is 5.06. The average Bonchev–Trinajstić information content (AvgIpc) is 3.36. The third-order valence-electron chi connectivity index (χ3n) is 11.2. The summed E-state index contributed by atoms with van der Waals surface area (Å²) >= 11 is 0. The summed E-state index contributed by atoms with van der Waals surface area (Å²) in [4.78, 5) is 89.5. The standard InChI is InChI=1S/C50H63N2O22PS/c1-30(49(59)63-23-24-76(61,62)39-21-15-10-16-22-39)51-48(58)31(2)68-40-25-43(74-75(60,66-26-37-17-11-8-12-18-37)67-27-38-19-13-9-14-20-38)71-41(28-64-33(4)54)45(40)73-50-44(52-32(3)53)47(70-36(7)57)46(69-35(6)56)42(72-50)29-65-34(5)55/h8-22,30-31,40-47,50H,23-29H2,1-7H3,(H,51,58)(H,52,53)/t30-,31+,40+,41?,42-,43+,44?,45-,46+,47?,50-/m0/s1. The number of nitrogens with one attached hydrogen (secondary N) is 2. The molecule has 3 unspecified atom stereocenters. The van der Waals surface area contributed by atoms with E-state index in [1.54, 1.807) is 78.9 Å². The summed E-state index contributed by atoms with van der Waals surface area (Å²) in [6.45, 7) is 5.69. The van der Waals surface area contributed by atoms with Crippen molar-refractivity contribution in [3.63, 3.8) is 0 Å². The number of rotatable bonds is 26. The smallest absolute Gasteiger partial charge is 0.463 e. The normalized spacial score (nSPS) is 23.4. The van der Waals surface area contributed by atoms with Crippen LogP contribution in [0, 0.1) is 0 Å². The van der Waals surface area contributed by atoms with E-state index in [0.717, 1.165) is 34.6 Å². The van der Waals surface area contributed by atoms with Crippen LogP contribution in [0.1, 0.15) is 66.0 Å². The number of benzene rings is 3. The largest absolute Gasteiger partial charge is 0.477 e. The predicted molar refractivity (Wildman–Crippen MR) is 261 cm³/mol. The molecule has 0 radical (unpaired) electrons. The lowest BCUT2D eigenvalue weighted by atomic mass is 9.95. The lowest BCUT2D eigenvalue weighted by molar-refractivity contribution is -0.328. The maximum absolute atomic E-state index is 14.7. The number of hydrogen-bond acceptors (Lipinski definition) is 22. The Morgan fingerprint density at radius 1 is 0.671 bits per heavy atom. The molecule has 0 bridgehead atoms. The first-order valence-corrected chi connectivity index (χ1v) is 27.0. The summed E-state index contributed by atoms with van der Waals surface area (Å²) in [6, 6.07) is 22.0. The van der Waals surface area contributed by atoms with E-state index in [9.17, 15) is 46.5 Å². The number of carbonyl (C=O) groups excluding carboxylic acids is 7. The third-order valence-corrected chi connectivity index (χ3v) is 14.2. The van der Waals surface area contributed by atoms with Gasteiger partial charge in [0.2, 0.25) is 11.8 Å². The maximum atomic E-state index is 14.7. The highest BCUT2D eigenvalue weighted by atomic mass is 32.2. The molecule has 76 heavy (non-hydrogen) atoms. The monoisotopic (exact) mass is 1110 g/mol. The number of esters is 5. The van der Waals surface area contributed by atoms with Gasteiger partial charge in [-0.2, -0.15) is 0 Å². The number of phosphoric acid groups is 1. The molecule has 11 atom stereocenters. The molecule has 2 amide bonds. The van der Waals surface area contributed by atoms with Crippen LogP contribution >= 0.6 is 7.82 Å². The zero-order chi connectivity index (χ0) is 55.6. The summed E-state index contributed by atoms with van der Waals surface area (Å²) in [5.41, 5.74) is 1.18. The van der Waals surface area contributed by atoms with Gasteiger partial charge in [-0.05, 0) is 37.1 Å². The number of phosphoric ester groups is 1. The fraction of sp³-hybridized carbons (Fsp3) is 0.500. The molecule has 2 N–H and O–H groups in total. The van der Waals surface area contributed by atoms with Crippen LogP contribution in [-0.4, -0.2) is 143 Å². The minimum atomic E-state index is -4.68. The van der Waals surface area contributed by atoms with Gasteiger partial charge in [0.1, 0.15) is 56.3 Å². The molecule has 5 rings (SSSR count). The van der Waals surface area contributed by atoms with E-state index in [2.05, 4.69) is 10.6 Å². The zero-order valence-electron chi connectivity index (χ0n) is 42.8. The van der Waals surface area contributed by atoms with Gasteiger partial charge in [0.25, 0.3) is 0 Å². The van der Waals surface area contributed by atoms with Crippen LogP contribution in [0.5, 0.6) is 0 Å². The number of carbonyl (C=O) groups is 7. The highest BCUT2D eigenvalue weighted by molar-refractivity contribution is 7.91. The Kier molecular flexibility index (Phi) is 23.0. The zero-order valence-corrected chi connectivity index (χ0v) is 44.5. The van der Waals surface area contributed by atoms with E-state index in [1.165, 1.54) is 26.0 Å². The van der Waals surface area contributed by atoms with Gasteiger partial charge in [-0.3, -0.25) is 42.3 Å². The van der Waals surface area contributed by atoms with Crippen molar-refractivity contribution < 1.29 is 103 Å². The van der Waals surface area contributed by atoms with Crippen LogP contribution in [0.3, 0.4) is 0 Å². The Morgan fingerprint density at radius 3 is 1.70 bits per heavy atom. The van der Waals surface area contributed by atoms with Crippen LogP contribution in [-0.2, 0) is 117 Å². The van der Waals surface area contributed by atoms with Crippen molar-refractivity contribution in [2.45, 2.75) is 140 Å². The third kappa shape index (κ3) is 19.1. The highest BCUT2D eigenvalue weighted by Crippen LogP contribution is 2.53. The molecule has 26 heteroatoms. The van der Waals surface area contributed by atoms with Gasteiger partial charge >= 0.3 is 37.7 Å². The van der Waals surface area contributed by atoms with E-state index in [-0.39, 0.29) is 18.1 Å². The van der Waals surface area contributed by atoms with Gasteiger partial charge in [0, 0.05) is 41.0 Å². The first kappa shape index (κ1) is 60.7. The fourth-order valence-corrected chi connectivity index (χ4v) is 10.0. The van der Waals surface area contributed by atoms with E-state index in [4.69, 9.17) is 56.2 Å². The molecule has 0 spiro atoms. The number of amides is 2. The van der Waals surface area contributed by atoms with E-state index >= 15 is 0 Å². The molecule has 2 aliphatic heterocycles. The molecule has 0 aromatic heterocycles. The van der Waals surface area contributed by atoms with Crippen LogP contribution in [0.2, 0.25) is 0 Å². The van der Waals surface area contributed by atoms with Crippen LogP contribution in [0.25, 0.3) is 0 Å². The minimum Gasteiger partial charge on any atom is -0.463 e. The number of ether oxygens (including phenoxy) is 9. The molecule has 0 aliphatic carbocycles. The van der Waals surface area contributed by atoms with Gasteiger partial charge in [-0.1, -0.05) is 78.9 Å². The number of hydrogen-bond donors (Lipinski definition) is 2. The van der Waals surface area contributed by atoms with E-state index < -0.39 is 159 Å². The summed E-state index contributed by atoms with van der Waals surface area (Å²) in [6.07, 6.45) is -14.5. The quantitative estimate of drug-likeness (QED) is 0.0659. The van der Waals surface area contributed by atoms with E-state index in [1.807, 2.05) is 0 Å². The molecule has 3 aromatic carbocycles. The molecule has 24 nitrogen and oxygen atoms in total. The second kappa shape index (κ2) is 28.8. The van der Waals surface area contributed by atoms with Crippen molar-refractivity contribution in [2.75, 3.05) is 25.6 Å². The van der Waals surface area contributed by atoms with Crippen molar-refractivity contribution >= 4 is 59.3 Å². The second-order valence-corrected chi connectivity index (χ2v) is 21.1. The van der Waals surface area contributed by atoms with Gasteiger partial charge in [0.05, 0.1) is 30.0 Å². The second-order valence-electron chi connectivity index (χ2n) is 17.4. The van der Waals surface area contributed by atoms with E-state index in [0.29, 0.717) is 11.1 Å². The van der Waals surface area contributed by atoms with Gasteiger partial charge in [-0.15, -0.1) is 0 Å². The average molecular weight is 1110 g/mol. The first-order valence-electron chi connectivity index (χ1n) is 23.9. The fourth-order valence-electron chi connectivity index (χ4n) is 7.70. The van der Waals surface area contributed by atoms with Gasteiger partial charge in [-0.25, -0.2) is 17.8 Å². The summed E-state index contributed by atoms with van der Waals surface area (Å²) in [5.74, 6) is -6.50. The van der Waals surface area contributed by atoms with Crippen LogP contribution in [0.4, 0.5) is 0 Å². The molecule has 3 aromatic rings. The maximum Gasteiger partial charge on any atom is 0.477 e. The Labute approximate surface area is 439 Å². The lowest BCUT2D eigenvalue weighted by Gasteiger charge is -2.48. The SMILES string of the molecule is CC(=O)NC1C(OC(C)=O)[C@H](OC(C)=O)[C@H](COC(C)=O)O[C@H]1O[C@@H]1C(COC(C)=O)O[C@H](OP(=O)(OCc2ccccc2)OCc2ccccc2)C[C@H]1O[C@H](C)C(=O)N[C@@H](C)C(=O)OCCS(=O)(=O)c1ccccc1. The highest BCUT2D eigenvalue weighted by Gasteiger charge is 2.54. The lowest BCUT2D eigenvalue weighted by Crippen LogP contribution is -2.68.